The van der Waals surface area contributed by atoms with Crippen molar-refractivity contribution in [2.45, 2.75) is 0 Å². The van der Waals surface area contributed by atoms with Crippen molar-refractivity contribution >= 4 is 28.4 Å². The molecule has 0 saturated carbocycles. The van der Waals surface area contributed by atoms with Crippen LogP contribution in [0, 0.1) is 0 Å². The van der Waals surface area contributed by atoms with E-state index < -0.39 is 0 Å². The van der Waals surface area contributed by atoms with Crippen LogP contribution in [0.1, 0.15) is 0 Å². The van der Waals surface area contributed by atoms with E-state index in [1.54, 1.807) is 42.7 Å². The lowest BCUT2D eigenvalue weighted by molar-refractivity contribution is 0.262. The Bertz CT molecular complexity index is 753. The molecule has 3 aromatic rings. The summed E-state index contributed by atoms with van der Waals surface area (Å²) >= 11 is 0. The third kappa shape index (κ3) is 2.39. The van der Waals surface area contributed by atoms with E-state index in [0.717, 1.165) is 0 Å². The van der Waals surface area contributed by atoms with Gasteiger partial charge in [0.05, 0.1) is 17.3 Å². The number of urea groups is 1. The zero-order chi connectivity index (χ0) is 13.9. The van der Waals surface area contributed by atoms with Gasteiger partial charge in [-0.25, -0.2) is 4.79 Å². The topological polar surface area (TPSA) is 87.4 Å². The maximum atomic E-state index is 11.8. The van der Waals surface area contributed by atoms with Crippen molar-refractivity contribution in [3.05, 3.63) is 49.0 Å². The van der Waals surface area contributed by atoms with Crippen molar-refractivity contribution in [3.63, 3.8) is 0 Å². The number of rotatable bonds is 2. The SMILES string of the molecule is O=C(Nc1cccnc1)Nc1ccc2occ(O)c2c1. The molecule has 0 spiro atoms. The van der Waals surface area contributed by atoms with Gasteiger partial charge in [0.25, 0.3) is 0 Å². The molecule has 0 bridgehead atoms. The first-order valence-corrected chi connectivity index (χ1v) is 5.90. The first kappa shape index (κ1) is 12.0. The fourth-order valence-electron chi connectivity index (χ4n) is 1.82. The van der Waals surface area contributed by atoms with Crippen LogP contribution in [-0.2, 0) is 0 Å². The Labute approximate surface area is 114 Å². The fraction of sp³-hybridized carbons (Fsp3) is 0. The number of hydrogen-bond acceptors (Lipinski definition) is 4. The number of fused-ring (bicyclic) bond motifs is 1. The highest BCUT2D eigenvalue weighted by atomic mass is 16.4. The van der Waals surface area contributed by atoms with Crippen molar-refractivity contribution in [1.82, 2.24) is 4.98 Å². The lowest BCUT2D eigenvalue weighted by atomic mass is 10.2. The summed E-state index contributed by atoms with van der Waals surface area (Å²) < 4.78 is 5.12. The largest absolute Gasteiger partial charge is 0.504 e. The highest BCUT2D eigenvalue weighted by molar-refractivity contribution is 6.01. The van der Waals surface area contributed by atoms with E-state index in [-0.39, 0.29) is 11.8 Å². The number of furan rings is 1. The fourth-order valence-corrected chi connectivity index (χ4v) is 1.82. The molecule has 0 unspecified atom stereocenters. The van der Waals surface area contributed by atoms with Gasteiger partial charge >= 0.3 is 6.03 Å². The smallest absolute Gasteiger partial charge is 0.323 e. The average Bonchev–Trinajstić information content (AvgIpc) is 2.81. The van der Waals surface area contributed by atoms with Crippen LogP contribution in [-0.4, -0.2) is 16.1 Å². The quantitative estimate of drug-likeness (QED) is 0.666. The van der Waals surface area contributed by atoms with Gasteiger partial charge in [0.15, 0.2) is 5.75 Å². The van der Waals surface area contributed by atoms with Crippen molar-refractivity contribution in [1.29, 1.82) is 0 Å². The van der Waals surface area contributed by atoms with E-state index >= 15 is 0 Å². The number of anilines is 2. The minimum Gasteiger partial charge on any atom is -0.504 e. The Morgan fingerprint density at radius 1 is 1.20 bits per heavy atom. The Balaban J connectivity index is 1.75. The number of aromatic nitrogens is 1. The summed E-state index contributed by atoms with van der Waals surface area (Å²) in [6.07, 6.45) is 4.42. The Morgan fingerprint density at radius 2 is 2.05 bits per heavy atom. The van der Waals surface area contributed by atoms with Gasteiger partial charge in [-0.05, 0) is 30.3 Å². The summed E-state index contributed by atoms with van der Waals surface area (Å²) in [6.45, 7) is 0. The molecule has 0 aliphatic rings. The Hall–Kier alpha value is -3.02. The highest BCUT2D eigenvalue weighted by Gasteiger charge is 2.07. The number of carbonyl (C=O) groups is 1. The number of hydrogen-bond donors (Lipinski definition) is 3. The summed E-state index contributed by atoms with van der Waals surface area (Å²) in [5, 5.41) is 15.4. The molecule has 0 fully saturated rings. The van der Waals surface area contributed by atoms with E-state index in [4.69, 9.17) is 4.42 Å². The summed E-state index contributed by atoms with van der Waals surface area (Å²) in [4.78, 5) is 15.7. The normalized spacial score (nSPS) is 10.4. The number of aromatic hydroxyl groups is 1. The molecule has 2 aromatic heterocycles. The maximum absolute atomic E-state index is 11.8. The zero-order valence-corrected chi connectivity index (χ0v) is 10.3. The van der Waals surface area contributed by atoms with Crippen LogP contribution in [0.4, 0.5) is 16.2 Å². The van der Waals surface area contributed by atoms with Gasteiger partial charge in [-0.2, -0.15) is 0 Å². The lowest BCUT2D eigenvalue weighted by Gasteiger charge is -2.07. The third-order valence-corrected chi connectivity index (χ3v) is 2.73. The minimum absolute atomic E-state index is 0.0383. The first-order valence-electron chi connectivity index (χ1n) is 5.90. The molecule has 3 N–H and O–H groups in total. The van der Waals surface area contributed by atoms with E-state index in [1.807, 2.05) is 0 Å². The number of nitrogens with zero attached hydrogens (tertiary/aromatic N) is 1. The van der Waals surface area contributed by atoms with Crippen LogP contribution < -0.4 is 10.6 Å². The molecule has 2 heterocycles. The minimum atomic E-state index is -0.389. The molecule has 1 aromatic carbocycles. The summed E-state index contributed by atoms with van der Waals surface area (Å²) in [5.74, 6) is 0.0383. The van der Waals surface area contributed by atoms with Gasteiger partial charge in [-0.3, -0.25) is 4.98 Å². The van der Waals surface area contributed by atoms with E-state index in [2.05, 4.69) is 15.6 Å². The van der Waals surface area contributed by atoms with Gasteiger partial charge < -0.3 is 20.2 Å². The molecule has 3 rings (SSSR count). The second-order valence-corrected chi connectivity index (χ2v) is 4.15. The molecule has 0 aliphatic heterocycles. The number of carbonyl (C=O) groups excluding carboxylic acids is 1. The van der Waals surface area contributed by atoms with Crippen LogP contribution in [0.2, 0.25) is 0 Å². The number of benzene rings is 1. The second-order valence-electron chi connectivity index (χ2n) is 4.15. The molecule has 2 amide bonds. The highest BCUT2D eigenvalue weighted by Crippen LogP contribution is 2.29. The zero-order valence-electron chi connectivity index (χ0n) is 10.3. The van der Waals surface area contributed by atoms with Crippen LogP contribution in [0.25, 0.3) is 11.0 Å². The monoisotopic (exact) mass is 269 g/mol. The molecule has 0 saturated heterocycles. The molecular weight excluding hydrogens is 258 g/mol. The second kappa shape index (κ2) is 4.93. The number of nitrogens with one attached hydrogen (secondary N) is 2. The maximum Gasteiger partial charge on any atom is 0.323 e. The van der Waals surface area contributed by atoms with Crippen molar-refractivity contribution in [3.8, 4) is 5.75 Å². The van der Waals surface area contributed by atoms with Gasteiger partial charge in [-0.1, -0.05) is 0 Å². The van der Waals surface area contributed by atoms with Gasteiger partial charge in [0, 0.05) is 11.9 Å². The molecular formula is C14H11N3O3. The first-order chi connectivity index (χ1) is 9.72. The van der Waals surface area contributed by atoms with Gasteiger partial charge in [-0.15, -0.1) is 0 Å². The van der Waals surface area contributed by atoms with Crippen LogP contribution in [0.5, 0.6) is 5.75 Å². The average molecular weight is 269 g/mol. The summed E-state index contributed by atoms with van der Waals surface area (Å²) in [7, 11) is 0. The van der Waals surface area contributed by atoms with Crippen LogP contribution >= 0.6 is 0 Å². The van der Waals surface area contributed by atoms with Gasteiger partial charge in [0.2, 0.25) is 0 Å². The van der Waals surface area contributed by atoms with Crippen LogP contribution in [0.15, 0.2) is 53.4 Å². The van der Waals surface area contributed by atoms with E-state index in [1.165, 1.54) is 6.26 Å². The number of amides is 2. The third-order valence-electron chi connectivity index (χ3n) is 2.73. The van der Waals surface area contributed by atoms with Crippen molar-refractivity contribution in [2.75, 3.05) is 10.6 Å². The molecule has 20 heavy (non-hydrogen) atoms. The Kier molecular flexibility index (Phi) is 2.96. The summed E-state index contributed by atoms with van der Waals surface area (Å²) in [5.41, 5.74) is 1.70. The molecule has 0 aliphatic carbocycles. The standard InChI is InChI=1S/C14H11N3O3/c18-12-8-20-13-4-3-9(6-11(12)13)16-14(19)17-10-2-1-5-15-7-10/h1-8,18H,(H2,16,17,19). The van der Waals surface area contributed by atoms with Crippen LogP contribution in [0.3, 0.4) is 0 Å². The Morgan fingerprint density at radius 3 is 2.85 bits per heavy atom. The van der Waals surface area contributed by atoms with E-state index in [9.17, 15) is 9.90 Å². The summed E-state index contributed by atoms with van der Waals surface area (Å²) in [6, 6.07) is 8.07. The van der Waals surface area contributed by atoms with Crippen molar-refractivity contribution in [2.24, 2.45) is 0 Å². The predicted molar refractivity (Wildman–Crippen MR) is 74.8 cm³/mol. The predicted octanol–water partition coefficient (Wildman–Crippen LogP) is 3.18. The number of pyridine rings is 1. The lowest BCUT2D eigenvalue weighted by Crippen LogP contribution is -2.19. The van der Waals surface area contributed by atoms with Gasteiger partial charge in [0.1, 0.15) is 11.8 Å². The molecule has 0 atom stereocenters. The molecule has 6 nitrogen and oxygen atoms in total. The molecule has 0 radical (unpaired) electrons. The van der Waals surface area contributed by atoms with Crippen molar-refractivity contribution < 1.29 is 14.3 Å². The van der Waals surface area contributed by atoms with E-state index in [0.29, 0.717) is 22.3 Å². The molecule has 100 valence electrons. The molecule has 6 heteroatoms.